The maximum Gasteiger partial charge on any atom is 0.262 e. The average molecular weight is 610 g/mol. The molecule has 0 aromatic heterocycles. The molecule has 0 radical (unpaired) electrons. The number of Topliss-reactive ketones (excluding diaryl/α,β-unsaturated/α-hetero) is 2. The zero-order valence-electron chi connectivity index (χ0n) is 23.0. The van der Waals surface area contributed by atoms with Gasteiger partial charge in [0.05, 0.1) is 24.4 Å². The number of ether oxygens (including phenoxy) is 3. The van der Waals surface area contributed by atoms with E-state index in [9.17, 15) is 14.4 Å². The number of carbonyl (C=O) groups is 3. The van der Waals surface area contributed by atoms with Crippen LogP contribution in [0.15, 0.2) is 63.4 Å². The van der Waals surface area contributed by atoms with Gasteiger partial charge < -0.3 is 24.4 Å². The van der Waals surface area contributed by atoms with Crippen molar-refractivity contribution in [2.24, 2.45) is 0 Å². The number of nitrogens with one attached hydrogen (secondary N) is 1. The van der Waals surface area contributed by atoms with Gasteiger partial charge in [-0.25, -0.2) is 0 Å². The number of rotatable bonds is 8. The van der Waals surface area contributed by atoms with Gasteiger partial charge in [0.15, 0.2) is 29.7 Å². The van der Waals surface area contributed by atoms with E-state index >= 15 is 0 Å². The first kappa shape index (κ1) is 28.0. The summed E-state index contributed by atoms with van der Waals surface area (Å²) in [4.78, 5) is 41.7. The number of hydrogen-bond acceptors (Lipinski definition) is 7. The van der Waals surface area contributed by atoms with Crippen molar-refractivity contribution in [1.82, 2.24) is 4.90 Å². The smallest absolute Gasteiger partial charge is 0.262 e. The third-order valence-corrected chi connectivity index (χ3v) is 8.31. The molecule has 0 saturated carbocycles. The number of hydrogen-bond donors (Lipinski definition) is 1. The summed E-state index contributed by atoms with van der Waals surface area (Å²) >= 11 is 3.61. The lowest BCUT2D eigenvalue weighted by Crippen LogP contribution is -2.39. The number of halogens is 1. The molecule has 1 N–H and O–H groups in total. The molecule has 2 aliphatic carbocycles. The van der Waals surface area contributed by atoms with Crippen molar-refractivity contribution < 1.29 is 28.6 Å². The lowest BCUT2D eigenvalue weighted by molar-refractivity contribution is -0.118. The largest absolute Gasteiger partial charge is 0.495 e. The SMILES string of the molecule is CCN1C2=C(C(=O)CCC2)C(c2cc(Br)c(OCC(=O)Nc3ccccc3OC)c(OC)c2)C2=C1CCCC2=O. The van der Waals surface area contributed by atoms with E-state index in [2.05, 4.69) is 33.1 Å². The number of benzene rings is 2. The highest BCUT2D eigenvalue weighted by molar-refractivity contribution is 9.10. The fraction of sp³-hybridized carbons (Fsp3) is 0.387. The molecule has 3 aliphatic rings. The Morgan fingerprint density at radius 2 is 1.57 bits per heavy atom. The number of allylic oxidation sites excluding steroid dienone is 4. The van der Waals surface area contributed by atoms with Gasteiger partial charge in [-0.05, 0) is 78.4 Å². The van der Waals surface area contributed by atoms with Gasteiger partial charge in [-0.15, -0.1) is 0 Å². The Labute approximate surface area is 242 Å². The normalized spacial score (nSPS) is 17.4. The molecule has 2 aromatic carbocycles. The molecule has 8 nitrogen and oxygen atoms in total. The minimum atomic E-state index is -0.457. The van der Waals surface area contributed by atoms with Crippen molar-refractivity contribution in [1.29, 1.82) is 0 Å². The highest BCUT2D eigenvalue weighted by Gasteiger charge is 2.43. The number of ketones is 2. The first-order valence-electron chi connectivity index (χ1n) is 13.6. The number of para-hydroxylation sites is 2. The van der Waals surface area contributed by atoms with Crippen LogP contribution in [0.1, 0.15) is 56.9 Å². The van der Waals surface area contributed by atoms with E-state index in [0.29, 0.717) is 40.3 Å². The van der Waals surface area contributed by atoms with Crippen LogP contribution in [0.5, 0.6) is 17.2 Å². The Hall–Kier alpha value is -3.59. The fourth-order valence-corrected chi connectivity index (χ4v) is 6.62. The molecule has 1 aliphatic heterocycles. The molecule has 1 heterocycles. The highest BCUT2D eigenvalue weighted by atomic mass is 79.9. The lowest BCUT2D eigenvalue weighted by Gasteiger charge is -2.43. The van der Waals surface area contributed by atoms with Crippen molar-refractivity contribution in [2.45, 2.75) is 51.4 Å². The van der Waals surface area contributed by atoms with Crippen LogP contribution in [0.4, 0.5) is 5.69 Å². The standard InChI is InChI=1S/C31H33BrN2O6/c1-4-34-21-10-7-12-23(35)29(21)28(30-22(34)11-8-13-24(30)36)18-15-19(32)31(26(16-18)39-3)40-17-27(37)33-20-9-5-6-14-25(20)38-2/h5-6,9,14-16,28H,4,7-8,10-13,17H2,1-3H3,(H,33,37). The number of carbonyl (C=O) groups excluding carboxylic acids is 3. The van der Waals surface area contributed by atoms with E-state index in [1.54, 1.807) is 18.2 Å². The van der Waals surface area contributed by atoms with E-state index < -0.39 is 5.92 Å². The van der Waals surface area contributed by atoms with Crippen LogP contribution in [0.3, 0.4) is 0 Å². The topological polar surface area (TPSA) is 94.2 Å². The van der Waals surface area contributed by atoms with Gasteiger partial charge in [0.2, 0.25) is 0 Å². The predicted molar refractivity (Wildman–Crippen MR) is 155 cm³/mol. The maximum absolute atomic E-state index is 13.4. The van der Waals surface area contributed by atoms with Crippen molar-refractivity contribution in [3.8, 4) is 17.2 Å². The van der Waals surface area contributed by atoms with Gasteiger partial charge in [-0.3, -0.25) is 14.4 Å². The molecular weight excluding hydrogens is 576 g/mol. The number of methoxy groups -OCH3 is 2. The van der Waals surface area contributed by atoms with Crippen LogP contribution >= 0.6 is 15.9 Å². The number of nitrogens with zero attached hydrogens (tertiary/aromatic N) is 1. The van der Waals surface area contributed by atoms with E-state index in [1.165, 1.54) is 14.2 Å². The summed E-state index contributed by atoms with van der Waals surface area (Å²) in [5.74, 6) is 0.686. The summed E-state index contributed by atoms with van der Waals surface area (Å²) in [7, 11) is 3.07. The van der Waals surface area contributed by atoms with Crippen molar-refractivity contribution in [2.75, 3.05) is 32.7 Å². The third-order valence-electron chi connectivity index (χ3n) is 7.72. The Morgan fingerprint density at radius 1 is 0.950 bits per heavy atom. The number of amides is 1. The molecule has 0 unspecified atom stereocenters. The fourth-order valence-electron chi connectivity index (χ4n) is 6.05. The summed E-state index contributed by atoms with van der Waals surface area (Å²) < 4.78 is 17.5. The Kier molecular flexibility index (Phi) is 8.30. The Bertz CT molecular complexity index is 1380. The molecule has 210 valence electrons. The number of anilines is 1. The molecular formula is C31H33BrN2O6. The molecule has 40 heavy (non-hydrogen) atoms. The summed E-state index contributed by atoms with van der Waals surface area (Å²) in [6.45, 7) is 2.54. The zero-order valence-corrected chi connectivity index (χ0v) is 24.6. The van der Waals surface area contributed by atoms with Gasteiger partial charge in [-0.1, -0.05) is 12.1 Å². The van der Waals surface area contributed by atoms with E-state index in [-0.39, 0.29) is 24.1 Å². The second-order valence-corrected chi connectivity index (χ2v) is 10.9. The van der Waals surface area contributed by atoms with Crippen molar-refractivity contribution in [3.05, 3.63) is 69.0 Å². The first-order chi connectivity index (χ1) is 19.4. The summed E-state index contributed by atoms with van der Waals surface area (Å²) in [6.07, 6.45) is 4.21. The average Bonchev–Trinajstić information content (AvgIpc) is 2.95. The van der Waals surface area contributed by atoms with Crippen LogP contribution in [-0.2, 0) is 14.4 Å². The van der Waals surface area contributed by atoms with Gasteiger partial charge in [0.25, 0.3) is 5.91 Å². The second-order valence-electron chi connectivity index (χ2n) is 10.0. The third kappa shape index (κ3) is 5.14. The molecule has 0 fully saturated rings. The van der Waals surface area contributed by atoms with Crippen LogP contribution in [0, 0.1) is 0 Å². The van der Waals surface area contributed by atoms with Gasteiger partial charge in [-0.2, -0.15) is 0 Å². The Balaban J connectivity index is 1.48. The molecule has 9 heteroatoms. The van der Waals surface area contributed by atoms with Crippen LogP contribution in [-0.4, -0.2) is 49.7 Å². The zero-order chi connectivity index (χ0) is 28.4. The highest BCUT2D eigenvalue weighted by Crippen LogP contribution is 2.51. The molecule has 0 spiro atoms. The molecule has 0 saturated heterocycles. The summed E-state index contributed by atoms with van der Waals surface area (Å²) in [6, 6.07) is 10.8. The van der Waals surface area contributed by atoms with Gasteiger partial charge in [0.1, 0.15) is 5.75 Å². The summed E-state index contributed by atoms with van der Waals surface area (Å²) in [5, 5.41) is 2.80. The minimum Gasteiger partial charge on any atom is -0.495 e. The predicted octanol–water partition coefficient (Wildman–Crippen LogP) is 5.92. The molecule has 1 amide bonds. The first-order valence-corrected chi connectivity index (χ1v) is 14.4. The monoisotopic (exact) mass is 608 g/mol. The van der Waals surface area contributed by atoms with E-state index in [1.807, 2.05) is 18.2 Å². The maximum atomic E-state index is 13.4. The van der Waals surface area contributed by atoms with Crippen LogP contribution in [0.2, 0.25) is 0 Å². The van der Waals surface area contributed by atoms with Crippen LogP contribution < -0.4 is 19.5 Å². The Morgan fingerprint density at radius 3 is 2.17 bits per heavy atom. The summed E-state index contributed by atoms with van der Waals surface area (Å²) in [5.41, 5.74) is 4.86. The quantitative estimate of drug-likeness (QED) is 0.397. The van der Waals surface area contributed by atoms with Crippen molar-refractivity contribution >= 4 is 39.1 Å². The van der Waals surface area contributed by atoms with E-state index in [4.69, 9.17) is 14.2 Å². The van der Waals surface area contributed by atoms with Gasteiger partial charge in [0, 0.05) is 47.8 Å². The minimum absolute atomic E-state index is 0.0954. The van der Waals surface area contributed by atoms with E-state index in [0.717, 1.165) is 60.3 Å². The van der Waals surface area contributed by atoms with Crippen LogP contribution in [0.25, 0.3) is 0 Å². The van der Waals surface area contributed by atoms with Gasteiger partial charge >= 0.3 is 0 Å². The molecule has 5 rings (SSSR count). The molecule has 2 aromatic rings. The lowest BCUT2D eigenvalue weighted by atomic mass is 9.71. The van der Waals surface area contributed by atoms with Crippen molar-refractivity contribution in [3.63, 3.8) is 0 Å². The molecule has 0 bridgehead atoms. The molecule has 0 atom stereocenters. The second kappa shape index (κ2) is 11.9.